The average Bonchev–Trinajstić information content (AvgIpc) is 3.13. The number of piperidine rings is 3. The largest absolute Gasteiger partial charge is 0.347 e. The van der Waals surface area contributed by atoms with Gasteiger partial charge >= 0.3 is 0 Å². The molecule has 25 heavy (non-hydrogen) atoms. The number of likely N-dealkylation sites (tertiary alicyclic amines) is 1. The van der Waals surface area contributed by atoms with Crippen LogP contribution in [0.3, 0.4) is 0 Å². The van der Waals surface area contributed by atoms with Gasteiger partial charge in [-0.15, -0.1) is 0 Å². The van der Waals surface area contributed by atoms with E-state index < -0.39 is 5.92 Å². The highest BCUT2D eigenvalue weighted by Crippen LogP contribution is 2.32. The minimum Gasteiger partial charge on any atom is -0.347 e. The van der Waals surface area contributed by atoms with Crippen LogP contribution in [0.15, 0.2) is 0 Å². The third-order valence-electron chi connectivity index (χ3n) is 5.82. The molecule has 4 rings (SSSR count). The van der Waals surface area contributed by atoms with Crippen molar-refractivity contribution in [2.75, 3.05) is 49.1 Å². The predicted octanol–water partition coefficient (Wildman–Crippen LogP) is 3.23. The summed E-state index contributed by atoms with van der Waals surface area (Å²) in [4.78, 5) is 11.5. The topological polar surface area (TPSA) is 35.5 Å². The Balaban J connectivity index is 1.31. The van der Waals surface area contributed by atoms with Gasteiger partial charge in [0.05, 0.1) is 0 Å². The molecule has 3 fully saturated rings. The minimum atomic E-state index is -2.52. The molecular weight excluding hydrogens is 344 g/mol. The van der Waals surface area contributed by atoms with Gasteiger partial charge in [-0.25, -0.2) is 8.78 Å². The van der Waals surface area contributed by atoms with E-state index in [4.69, 9.17) is 0 Å². The molecule has 4 heterocycles. The summed E-state index contributed by atoms with van der Waals surface area (Å²) < 4.78 is 31.0. The molecule has 0 unspecified atom stereocenters. The molecule has 3 aliphatic rings. The Hall–Kier alpha value is -1.02. The molecule has 3 saturated heterocycles. The first kappa shape index (κ1) is 17.4. The summed E-state index contributed by atoms with van der Waals surface area (Å²) in [6, 6.07) is 0.716. The van der Waals surface area contributed by atoms with Crippen molar-refractivity contribution in [1.82, 2.24) is 14.3 Å². The lowest BCUT2D eigenvalue weighted by molar-refractivity contribution is -0.0222. The number of hydrogen-bond acceptors (Lipinski definition) is 6. The van der Waals surface area contributed by atoms with E-state index in [1.165, 1.54) is 56.7 Å². The maximum atomic E-state index is 13.3. The number of nitrogens with zero attached hydrogens (tertiary/aromatic N) is 5. The molecule has 1 aromatic heterocycles. The van der Waals surface area contributed by atoms with Gasteiger partial charge in [0.2, 0.25) is 11.1 Å². The molecule has 140 valence electrons. The predicted molar refractivity (Wildman–Crippen MR) is 97.0 cm³/mol. The van der Waals surface area contributed by atoms with Crippen LogP contribution in [0.25, 0.3) is 0 Å². The maximum absolute atomic E-state index is 13.3. The zero-order valence-corrected chi connectivity index (χ0v) is 15.5. The highest BCUT2D eigenvalue weighted by molar-refractivity contribution is 7.09. The molecule has 0 bridgehead atoms. The second-order valence-corrected chi connectivity index (χ2v) is 8.27. The molecule has 0 N–H and O–H groups in total. The monoisotopic (exact) mass is 371 g/mol. The van der Waals surface area contributed by atoms with Crippen LogP contribution in [0, 0.1) is 0 Å². The second-order valence-electron chi connectivity index (χ2n) is 7.53. The fourth-order valence-electron chi connectivity index (χ4n) is 4.20. The first-order valence-electron chi connectivity index (χ1n) is 9.56. The Morgan fingerprint density at radius 3 is 2.24 bits per heavy atom. The van der Waals surface area contributed by atoms with Crippen molar-refractivity contribution in [3.8, 4) is 0 Å². The van der Waals surface area contributed by atoms with Gasteiger partial charge < -0.3 is 14.7 Å². The van der Waals surface area contributed by atoms with E-state index in [0.29, 0.717) is 25.1 Å². The quantitative estimate of drug-likeness (QED) is 0.815. The lowest BCUT2D eigenvalue weighted by Gasteiger charge is -2.40. The van der Waals surface area contributed by atoms with Crippen molar-refractivity contribution in [3.63, 3.8) is 0 Å². The molecule has 0 radical (unpaired) electrons. The van der Waals surface area contributed by atoms with Crippen molar-refractivity contribution < 1.29 is 8.78 Å². The van der Waals surface area contributed by atoms with E-state index in [1.807, 2.05) is 4.90 Å². The summed E-state index contributed by atoms with van der Waals surface area (Å²) in [5.74, 6) is -1.89. The van der Waals surface area contributed by atoms with Gasteiger partial charge in [-0.1, -0.05) is 6.42 Å². The third-order valence-corrected chi connectivity index (χ3v) is 6.59. The molecule has 1 aromatic rings. The Morgan fingerprint density at radius 2 is 1.56 bits per heavy atom. The molecule has 0 atom stereocenters. The molecular formula is C17H27F2N5S. The first-order valence-corrected chi connectivity index (χ1v) is 10.3. The van der Waals surface area contributed by atoms with Gasteiger partial charge in [0.1, 0.15) is 0 Å². The van der Waals surface area contributed by atoms with Crippen molar-refractivity contribution in [2.24, 2.45) is 0 Å². The Morgan fingerprint density at radius 1 is 0.880 bits per heavy atom. The van der Waals surface area contributed by atoms with Crippen molar-refractivity contribution >= 4 is 22.6 Å². The van der Waals surface area contributed by atoms with E-state index in [0.717, 1.165) is 18.2 Å². The molecule has 0 aromatic carbocycles. The summed E-state index contributed by atoms with van der Waals surface area (Å²) in [5, 5.41) is 0.949. The molecule has 5 nitrogen and oxygen atoms in total. The molecule has 8 heteroatoms. The normalized spacial score (nSPS) is 26.2. The van der Waals surface area contributed by atoms with Gasteiger partial charge in [0.15, 0.2) is 0 Å². The molecule has 0 spiro atoms. The zero-order valence-electron chi connectivity index (χ0n) is 14.7. The van der Waals surface area contributed by atoms with Crippen LogP contribution in [0.1, 0.15) is 44.9 Å². The van der Waals surface area contributed by atoms with E-state index >= 15 is 0 Å². The van der Waals surface area contributed by atoms with Crippen LogP contribution >= 0.6 is 11.5 Å². The number of anilines is 2. The summed E-state index contributed by atoms with van der Waals surface area (Å²) in [5.41, 5.74) is 0. The van der Waals surface area contributed by atoms with Crippen molar-refractivity contribution in [1.29, 1.82) is 0 Å². The second kappa shape index (κ2) is 7.31. The fourth-order valence-corrected chi connectivity index (χ4v) is 4.94. The smallest absolute Gasteiger partial charge is 0.251 e. The van der Waals surface area contributed by atoms with E-state index in [-0.39, 0.29) is 12.8 Å². The van der Waals surface area contributed by atoms with E-state index in [2.05, 4.69) is 19.2 Å². The van der Waals surface area contributed by atoms with Crippen molar-refractivity contribution in [2.45, 2.75) is 56.9 Å². The Kier molecular flexibility index (Phi) is 5.08. The van der Waals surface area contributed by atoms with Crippen LogP contribution in [0.4, 0.5) is 19.9 Å². The van der Waals surface area contributed by atoms with Crippen LogP contribution < -0.4 is 9.80 Å². The zero-order chi connectivity index (χ0) is 17.3. The lowest BCUT2D eigenvalue weighted by Crippen LogP contribution is -2.46. The van der Waals surface area contributed by atoms with E-state index in [9.17, 15) is 8.78 Å². The van der Waals surface area contributed by atoms with Gasteiger partial charge in [0.25, 0.3) is 5.92 Å². The highest BCUT2D eigenvalue weighted by atomic mass is 32.1. The standard InChI is InChI=1S/C17H27F2N5S/c18-17(19)6-12-23(13-7-17)15-20-16(25-21-15)24-10-4-14(5-11-24)22-8-2-1-3-9-22/h14H,1-13H2. The van der Waals surface area contributed by atoms with Crippen LogP contribution in [-0.4, -0.2) is 65.5 Å². The number of hydrogen-bond donors (Lipinski definition) is 0. The SMILES string of the molecule is FC1(F)CCN(c2nsc(N3CCC(N4CCCCC4)CC3)n2)CC1. The maximum Gasteiger partial charge on any atom is 0.251 e. The van der Waals surface area contributed by atoms with Gasteiger partial charge in [-0.2, -0.15) is 9.36 Å². The third kappa shape index (κ3) is 4.05. The van der Waals surface area contributed by atoms with Gasteiger partial charge in [-0.3, -0.25) is 0 Å². The summed E-state index contributed by atoms with van der Waals surface area (Å²) in [6.45, 7) is 5.25. The number of aromatic nitrogens is 2. The lowest BCUT2D eigenvalue weighted by atomic mass is 10.0. The summed E-state index contributed by atoms with van der Waals surface area (Å²) >= 11 is 1.41. The van der Waals surface area contributed by atoms with Crippen LogP contribution in [-0.2, 0) is 0 Å². The molecule has 3 aliphatic heterocycles. The first-order chi connectivity index (χ1) is 12.1. The number of rotatable bonds is 3. The molecule has 0 aliphatic carbocycles. The van der Waals surface area contributed by atoms with Crippen LogP contribution in [0.5, 0.6) is 0 Å². The van der Waals surface area contributed by atoms with Crippen LogP contribution in [0.2, 0.25) is 0 Å². The van der Waals surface area contributed by atoms with Crippen molar-refractivity contribution in [3.05, 3.63) is 0 Å². The Labute approximate surface area is 152 Å². The van der Waals surface area contributed by atoms with E-state index in [1.54, 1.807) is 0 Å². The Bertz CT molecular complexity index is 557. The minimum absolute atomic E-state index is 0.0945. The average molecular weight is 372 g/mol. The van der Waals surface area contributed by atoms with Gasteiger partial charge in [0, 0.05) is 56.6 Å². The van der Waals surface area contributed by atoms with Gasteiger partial charge in [-0.05, 0) is 38.8 Å². The molecule has 0 saturated carbocycles. The number of halogens is 2. The fraction of sp³-hybridized carbons (Fsp3) is 0.882. The molecule has 0 amide bonds. The number of alkyl halides is 2. The summed E-state index contributed by atoms with van der Waals surface area (Å²) in [6.07, 6.45) is 6.25. The summed E-state index contributed by atoms with van der Waals surface area (Å²) in [7, 11) is 0. The highest BCUT2D eigenvalue weighted by Gasteiger charge is 2.35.